The molecule has 0 spiro atoms. The third-order valence-corrected chi connectivity index (χ3v) is 2.31. The molecule has 0 radical (unpaired) electrons. The van der Waals surface area contributed by atoms with E-state index in [0.29, 0.717) is 16.7 Å². The number of hydrogen-bond donors (Lipinski definition) is 2. The molecule has 0 aliphatic heterocycles. The van der Waals surface area contributed by atoms with Gasteiger partial charge in [-0.15, -0.1) is 0 Å². The summed E-state index contributed by atoms with van der Waals surface area (Å²) in [6, 6.07) is 4.68. The van der Waals surface area contributed by atoms with Crippen molar-refractivity contribution >= 4 is 16.9 Å². The quantitative estimate of drug-likeness (QED) is 0.823. The number of aliphatic hydroxyl groups excluding tert-OH is 1. The lowest BCUT2D eigenvalue weighted by atomic mass is 10.1. The second kappa shape index (κ2) is 3.86. The minimum atomic E-state index is -1.56. The van der Waals surface area contributed by atoms with Crippen molar-refractivity contribution in [2.24, 2.45) is 0 Å². The van der Waals surface area contributed by atoms with Crippen LogP contribution in [0.15, 0.2) is 28.9 Å². The first-order chi connectivity index (χ1) is 7.63. The van der Waals surface area contributed by atoms with Gasteiger partial charge in [-0.3, -0.25) is 0 Å². The smallest absolute Gasteiger partial charge is 0.337 e. The molecule has 2 N–H and O–H groups in total. The molecule has 0 fully saturated rings. The van der Waals surface area contributed by atoms with Crippen molar-refractivity contribution < 1.29 is 24.2 Å². The molecule has 2 rings (SSSR count). The van der Waals surface area contributed by atoms with E-state index in [4.69, 9.17) is 14.3 Å². The second-order valence-electron chi connectivity index (χ2n) is 3.30. The molecule has 0 bridgehead atoms. The molecule has 0 amide bonds. The van der Waals surface area contributed by atoms with E-state index in [1.807, 2.05) is 0 Å². The third-order valence-electron chi connectivity index (χ3n) is 2.31. The lowest BCUT2D eigenvalue weighted by Gasteiger charge is -2.08. The molecule has 84 valence electrons. The van der Waals surface area contributed by atoms with Gasteiger partial charge < -0.3 is 19.4 Å². The molecular formula is C11H10O5. The van der Waals surface area contributed by atoms with Gasteiger partial charge in [-0.2, -0.15) is 0 Å². The van der Waals surface area contributed by atoms with Crippen LogP contribution in [0.25, 0.3) is 11.0 Å². The second-order valence-corrected chi connectivity index (χ2v) is 3.30. The highest BCUT2D eigenvalue weighted by atomic mass is 16.5. The maximum Gasteiger partial charge on any atom is 0.337 e. The Morgan fingerprint density at radius 1 is 1.50 bits per heavy atom. The minimum absolute atomic E-state index is 0.262. The Bertz CT molecular complexity index is 528. The van der Waals surface area contributed by atoms with Crippen LogP contribution in [0.2, 0.25) is 0 Å². The number of benzene rings is 1. The summed E-state index contributed by atoms with van der Waals surface area (Å²) in [5, 5.41) is 18.8. The monoisotopic (exact) mass is 222 g/mol. The number of aliphatic carboxylic acids is 1. The first-order valence-electron chi connectivity index (χ1n) is 4.59. The number of rotatable bonds is 3. The van der Waals surface area contributed by atoms with E-state index in [1.165, 1.54) is 19.4 Å². The molecule has 1 heterocycles. The van der Waals surface area contributed by atoms with Crippen LogP contribution in [0.5, 0.6) is 5.75 Å². The zero-order chi connectivity index (χ0) is 11.7. The molecule has 0 saturated heterocycles. The Balaban J connectivity index is 2.59. The van der Waals surface area contributed by atoms with Crippen molar-refractivity contribution in [3.05, 3.63) is 30.0 Å². The summed E-state index contributed by atoms with van der Waals surface area (Å²) in [6.45, 7) is 0. The van der Waals surface area contributed by atoms with E-state index in [9.17, 15) is 9.90 Å². The van der Waals surface area contributed by atoms with E-state index >= 15 is 0 Å². The summed E-state index contributed by atoms with van der Waals surface area (Å²) in [5.41, 5.74) is 0.794. The van der Waals surface area contributed by atoms with Crippen LogP contribution in [0.3, 0.4) is 0 Å². The Kier molecular flexibility index (Phi) is 2.54. The van der Waals surface area contributed by atoms with Crippen LogP contribution < -0.4 is 4.74 Å². The van der Waals surface area contributed by atoms with Gasteiger partial charge in [-0.25, -0.2) is 4.79 Å². The maximum absolute atomic E-state index is 10.7. The van der Waals surface area contributed by atoms with Gasteiger partial charge >= 0.3 is 5.97 Å². The molecule has 5 heteroatoms. The lowest BCUT2D eigenvalue weighted by molar-refractivity contribution is -0.146. The van der Waals surface area contributed by atoms with E-state index in [1.54, 1.807) is 12.1 Å². The number of methoxy groups -OCH3 is 1. The topological polar surface area (TPSA) is 79.9 Å². The van der Waals surface area contributed by atoms with Crippen LogP contribution >= 0.6 is 0 Å². The summed E-state index contributed by atoms with van der Waals surface area (Å²) in [7, 11) is 1.45. The molecule has 1 unspecified atom stereocenters. The first-order valence-corrected chi connectivity index (χ1v) is 4.59. The van der Waals surface area contributed by atoms with E-state index in [-0.39, 0.29) is 5.56 Å². The number of hydrogen-bond acceptors (Lipinski definition) is 4. The highest BCUT2D eigenvalue weighted by Crippen LogP contribution is 2.30. The molecule has 16 heavy (non-hydrogen) atoms. The number of aliphatic hydroxyl groups is 1. The van der Waals surface area contributed by atoms with Crippen molar-refractivity contribution in [1.29, 1.82) is 0 Å². The van der Waals surface area contributed by atoms with Crippen molar-refractivity contribution in [3.63, 3.8) is 0 Å². The van der Waals surface area contributed by atoms with Crippen LogP contribution in [-0.2, 0) is 4.79 Å². The summed E-state index contributed by atoms with van der Waals surface area (Å²) in [6.07, 6.45) is -0.0855. The molecule has 0 aliphatic rings. The molecule has 0 aliphatic carbocycles. The zero-order valence-electron chi connectivity index (χ0n) is 8.51. The van der Waals surface area contributed by atoms with E-state index in [2.05, 4.69) is 0 Å². The van der Waals surface area contributed by atoms with Crippen LogP contribution in [0.4, 0.5) is 0 Å². The van der Waals surface area contributed by atoms with Gasteiger partial charge in [-0.05, 0) is 23.8 Å². The molecule has 1 aromatic heterocycles. The van der Waals surface area contributed by atoms with Crippen LogP contribution in [0.1, 0.15) is 11.7 Å². The Labute approximate surface area is 90.9 Å². The molecule has 0 saturated carbocycles. The molecule has 1 aromatic carbocycles. The van der Waals surface area contributed by atoms with Crippen LogP contribution in [-0.4, -0.2) is 23.3 Å². The average Bonchev–Trinajstić information content (AvgIpc) is 2.74. The van der Waals surface area contributed by atoms with Crippen molar-refractivity contribution in [2.45, 2.75) is 6.10 Å². The van der Waals surface area contributed by atoms with Crippen molar-refractivity contribution in [1.82, 2.24) is 0 Å². The van der Waals surface area contributed by atoms with Gasteiger partial charge in [0.05, 0.1) is 13.4 Å². The standard InChI is InChI=1S/C11H10O5/c1-15-8-5-7(9(12)11(13)14)4-6-2-3-16-10(6)8/h2-5,9,12H,1H3,(H,13,14). The van der Waals surface area contributed by atoms with Crippen LogP contribution in [0, 0.1) is 0 Å². The first kappa shape index (κ1) is 10.5. The molecule has 2 aromatic rings. The Hall–Kier alpha value is -2.01. The molecule has 5 nitrogen and oxygen atoms in total. The van der Waals surface area contributed by atoms with Crippen molar-refractivity contribution in [2.75, 3.05) is 7.11 Å². The lowest BCUT2D eigenvalue weighted by Crippen LogP contribution is -2.10. The largest absolute Gasteiger partial charge is 0.493 e. The Morgan fingerprint density at radius 2 is 2.25 bits per heavy atom. The highest BCUT2D eigenvalue weighted by molar-refractivity contribution is 5.86. The van der Waals surface area contributed by atoms with Gasteiger partial charge in [-0.1, -0.05) is 0 Å². The fourth-order valence-electron chi connectivity index (χ4n) is 1.52. The summed E-state index contributed by atoms with van der Waals surface area (Å²) < 4.78 is 10.2. The van der Waals surface area contributed by atoms with Gasteiger partial charge in [0.25, 0.3) is 0 Å². The number of carboxylic acid groups (broad SMARTS) is 1. The van der Waals surface area contributed by atoms with Crippen molar-refractivity contribution in [3.8, 4) is 5.75 Å². The molecule has 1 atom stereocenters. The summed E-state index contributed by atoms with van der Waals surface area (Å²) >= 11 is 0. The van der Waals surface area contributed by atoms with E-state index in [0.717, 1.165) is 0 Å². The zero-order valence-corrected chi connectivity index (χ0v) is 8.51. The third kappa shape index (κ3) is 1.61. The van der Waals surface area contributed by atoms with Gasteiger partial charge in [0, 0.05) is 5.39 Å². The number of carbonyl (C=O) groups is 1. The fourth-order valence-corrected chi connectivity index (χ4v) is 1.52. The summed E-state index contributed by atoms with van der Waals surface area (Å²) in [5.74, 6) is -0.900. The SMILES string of the molecule is COc1cc(C(O)C(=O)O)cc2ccoc12. The predicted molar refractivity (Wildman–Crippen MR) is 55.4 cm³/mol. The highest BCUT2D eigenvalue weighted by Gasteiger charge is 2.18. The fraction of sp³-hybridized carbons (Fsp3) is 0.182. The molecular weight excluding hydrogens is 212 g/mol. The van der Waals surface area contributed by atoms with Gasteiger partial charge in [0.2, 0.25) is 0 Å². The number of furan rings is 1. The summed E-state index contributed by atoms with van der Waals surface area (Å²) in [4.78, 5) is 10.7. The Morgan fingerprint density at radius 3 is 2.88 bits per heavy atom. The van der Waals surface area contributed by atoms with E-state index < -0.39 is 12.1 Å². The average molecular weight is 222 g/mol. The predicted octanol–water partition coefficient (Wildman–Crippen LogP) is 1.56. The minimum Gasteiger partial charge on any atom is -0.493 e. The number of ether oxygens (including phenoxy) is 1. The number of fused-ring (bicyclic) bond motifs is 1. The number of carboxylic acids is 1. The maximum atomic E-state index is 10.7. The van der Waals surface area contributed by atoms with Gasteiger partial charge in [0.1, 0.15) is 0 Å². The van der Waals surface area contributed by atoms with Gasteiger partial charge in [0.15, 0.2) is 17.4 Å². The normalized spacial score (nSPS) is 12.6.